The highest BCUT2D eigenvalue weighted by Gasteiger charge is 2.27. The van der Waals surface area contributed by atoms with Gasteiger partial charge in [-0.15, -0.1) is 0 Å². The predicted molar refractivity (Wildman–Crippen MR) is 80.1 cm³/mol. The third-order valence-corrected chi connectivity index (χ3v) is 4.48. The molecule has 0 bridgehead atoms. The number of nitrogens with two attached hydrogens (primary N) is 1. The summed E-state index contributed by atoms with van der Waals surface area (Å²) in [7, 11) is 2.08. The number of aromatic nitrogens is 3. The molecule has 3 aromatic rings. The number of carbonyl (C=O) groups is 1. The van der Waals surface area contributed by atoms with Crippen LogP contribution < -0.4 is 5.73 Å². The van der Waals surface area contributed by atoms with Crippen LogP contribution in [0.5, 0.6) is 0 Å². The smallest absolute Gasteiger partial charge is 0.251 e. The average Bonchev–Trinajstić information content (AvgIpc) is 3.12. The number of imidazole rings is 1. The summed E-state index contributed by atoms with van der Waals surface area (Å²) >= 11 is 0. The quantitative estimate of drug-likeness (QED) is 0.757. The van der Waals surface area contributed by atoms with Crippen molar-refractivity contribution in [3.8, 4) is 0 Å². The van der Waals surface area contributed by atoms with Crippen molar-refractivity contribution >= 4 is 22.6 Å². The highest BCUT2D eigenvalue weighted by molar-refractivity contribution is 6.05. The summed E-state index contributed by atoms with van der Waals surface area (Å²) < 4.78 is 15.3. The Kier molecular flexibility index (Phi) is 2.74. The number of hydrogen-bond acceptors (Lipinski definition) is 3. The van der Waals surface area contributed by atoms with Crippen LogP contribution in [0.2, 0.25) is 0 Å². The molecule has 0 aliphatic carbocycles. The fraction of sp³-hybridized carbons (Fsp3) is 0.333. The summed E-state index contributed by atoms with van der Waals surface area (Å²) in [6.07, 6.45) is 4.01. The molecule has 1 aromatic carbocycles. The second-order valence-electron chi connectivity index (χ2n) is 5.84. The van der Waals surface area contributed by atoms with Gasteiger partial charge in [-0.25, -0.2) is 8.91 Å². The number of likely N-dealkylation sites (tertiary alicyclic amines) is 1. The molecule has 114 valence electrons. The molecule has 1 atom stereocenters. The van der Waals surface area contributed by atoms with Crippen LogP contribution in [-0.2, 0) is 0 Å². The minimum absolute atomic E-state index is 0.135. The molecule has 0 radical (unpaired) electrons. The Morgan fingerprint density at radius 1 is 1.50 bits per heavy atom. The number of H-pyrrole nitrogens is 1. The summed E-state index contributed by atoms with van der Waals surface area (Å²) in [6.45, 7) is 1.05. The van der Waals surface area contributed by atoms with Gasteiger partial charge in [0.1, 0.15) is 17.0 Å². The van der Waals surface area contributed by atoms with Crippen LogP contribution in [0, 0.1) is 5.82 Å². The molecule has 1 aliphatic heterocycles. The van der Waals surface area contributed by atoms with Crippen LogP contribution in [0.25, 0.3) is 16.7 Å². The maximum Gasteiger partial charge on any atom is 0.251 e. The lowest BCUT2D eigenvalue weighted by Gasteiger charge is -2.17. The second-order valence-corrected chi connectivity index (χ2v) is 5.84. The van der Waals surface area contributed by atoms with Crippen molar-refractivity contribution in [1.82, 2.24) is 19.5 Å². The van der Waals surface area contributed by atoms with Crippen molar-refractivity contribution in [3.63, 3.8) is 0 Å². The normalized spacial score (nSPS) is 19.5. The Morgan fingerprint density at radius 3 is 3.00 bits per heavy atom. The Labute approximate surface area is 125 Å². The molecule has 0 saturated carbocycles. The SMILES string of the molecule is CN1CCCC1c1cnn2c1[nH]c1cc(F)cc(C(N)=O)c12. The van der Waals surface area contributed by atoms with Crippen LogP contribution in [0.15, 0.2) is 18.3 Å². The Hall–Kier alpha value is -2.41. The topological polar surface area (TPSA) is 79.4 Å². The molecular formula is C15H16FN5O. The van der Waals surface area contributed by atoms with Gasteiger partial charge >= 0.3 is 0 Å². The van der Waals surface area contributed by atoms with E-state index in [2.05, 4.69) is 22.0 Å². The minimum Gasteiger partial charge on any atom is -0.366 e. The van der Waals surface area contributed by atoms with Crippen LogP contribution in [0.3, 0.4) is 0 Å². The van der Waals surface area contributed by atoms with Crippen LogP contribution in [0.4, 0.5) is 4.39 Å². The zero-order valence-electron chi connectivity index (χ0n) is 12.1. The van der Waals surface area contributed by atoms with Gasteiger partial charge in [0.15, 0.2) is 0 Å². The molecule has 4 rings (SSSR count). The van der Waals surface area contributed by atoms with Gasteiger partial charge in [-0.05, 0) is 38.6 Å². The highest BCUT2D eigenvalue weighted by Crippen LogP contribution is 2.34. The molecule has 1 saturated heterocycles. The first kappa shape index (κ1) is 13.3. The molecular weight excluding hydrogens is 285 g/mol. The van der Waals surface area contributed by atoms with E-state index in [1.165, 1.54) is 6.07 Å². The minimum atomic E-state index is -0.666. The number of nitrogens with one attached hydrogen (secondary N) is 1. The standard InChI is InChI=1S/C15H16FN5O/c1-20-4-2-3-12(20)10-7-18-21-13-9(14(17)22)5-8(16)6-11(13)19-15(10)21/h5-7,12,19H,2-4H2,1H3,(H2,17,22). The number of primary amides is 1. The van der Waals surface area contributed by atoms with Crippen LogP contribution in [-0.4, -0.2) is 39.0 Å². The van der Waals surface area contributed by atoms with E-state index in [0.29, 0.717) is 11.0 Å². The summed E-state index contributed by atoms with van der Waals surface area (Å²) in [4.78, 5) is 17.1. The maximum atomic E-state index is 13.7. The van der Waals surface area contributed by atoms with Gasteiger partial charge < -0.3 is 10.7 Å². The van der Waals surface area contributed by atoms with E-state index < -0.39 is 11.7 Å². The molecule has 1 aliphatic rings. The van der Waals surface area contributed by atoms with Gasteiger partial charge in [0.25, 0.3) is 5.91 Å². The number of rotatable bonds is 2. The summed E-state index contributed by atoms with van der Waals surface area (Å²) in [6, 6.07) is 2.80. The Bertz CT molecular complexity index is 896. The fourth-order valence-electron chi connectivity index (χ4n) is 3.44. The van der Waals surface area contributed by atoms with Crippen molar-refractivity contribution in [3.05, 3.63) is 35.3 Å². The second kappa shape index (κ2) is 4.54. The Morgan fingerprint density at radius 2 is 2.32 bits per heavy atom. The lowest BCUT2D eigenvalue weighted by atomic mass is 10.1. The number of aromatic amines is 1. The summed E-state index contributed by atoms with van der Waals surface area (Å²) in [5.74, 6) is -1.16. The lowest BCUT2D eigenvalue weighted by Crippen LogP contribution is -2.17. The maximum absolute atomic E-state index is 13.7. The van der Waals surface area contributed by atoms with Crippen molar-refractivity contribution in [2.24, 2.45) is 5.73 Å². The predicted octanol–water partition coefficient (Wildman–Crippen LogP) is 1.82. The van der Waals surface area contributed by atoms with Gasteiger partial charge in [0.05, 0.1) is 17.3 Å². The van der Waals surface area contributed by atoms with E-state index in [9.17, 15) is 9.18 Å². The highest BCUT2D eigenvalue weighted by atomic mass is 19.1. The molecule has 3 N–H and O–H groups in total. The first-order valence-corrected chi connectivity index (χ1v) is 7.25. The van der Waals surface area contributed by atoms with Crippen LogP contribution in [0.1, 0.15) is 34.8 Å². The number of carbonyl (C=O) groups excluding carboxylic acids is 1. The molecule has 3 heterocycles. The third-order valence-electron chi connectivity index (χ3n) is 4.48. The van der Waals surface area contributed by atoms with E-state index in [0.717, 1.165) is 36.7 Å². The van der Waals surface area contributed by atoms with Gasteiger partial charge in [0, 0.05) is 11.6 Å². The van der Waals surface area contributed by atoms with E-state index >= 15 is 0 Å². The number of hydrogen-bond donors (Lipinski definition) is 2. The average molecular weight is 301 g/mol. The van der Waals surface area contributed by atoms with Crippen molar-refractivity contribution in [2.75, 3.05) is 13.6 Å². The molecule has 1 unspecified atom stereocenters. The summed E-state index contributed by atoms with van der Waals surface area (Å²) in [5.41, 5.74) is 8.42. The number of fused-ring (bicyclic) bond motifs is 3. The van der Waals surface area contributed by atoms with E-state index in [1.807, 2.05) is 6.20 Å². The Balaban J connectivity index is 2.01. The van der Waals surface area contributed by atoms with E-state index in [-0.39, 0.29) is 11.6 Å². The zero-order chi connectivity index (χ0) is 15.4. The van der Waals surface area contributed by atoms with Crippen LogP contribution >= 0.6 is 0 Å². The number of nitrogens with zero attached hydrogens (tertiary/aromatic N) is 3. The van der Waals surface area contributed by atoms with Gasteiger partial charge in [-0.3, -0.25) is 9.69 Å². The van der Waals surface area contributed by atoms with Gasteiger partial charge in [-0.2, -0.15) is 5.10 Å². The molecule has 0 spiro atoms. The van der Waals surface area contributed by atoms with Crippen molar-refractivity contribution in [2.45, 2.75) is 18.9 Å². The lowest BCUT2D eigenvalue weighted by molar-refractivity contribution is 0.100. The fourth-order valence-corrected chi connectivity index (χ4v) is 3.44. The monoisotopic (exact) mass is 301 g/mol. The molecule has 22 heavy (non-hydrogen) atoms. The number of amides is 1. The van der Waals surface area contributed by atoms with E-state index in [1.54, 1.807) is 4.52 Å². The van der Waals surface area contributed by atoms with Gasteiger partial charge in [0.2, 0.25) is 0 Å². The first-order chi connectivity index (χ1) is 10.6. The van der Waals surface area contributed by atoms with Gasteiger partial charge in [-0.1, -0.05) is 0 Å². The molecule has 7 heteroatoms. The zero-order valence-corrected chi connectivity index (χ0v) is 12.1. The molecule has 2 aromatic heterocycles. The summed E-state index contributed by atoms with van der Waals surface area (Å²) in [5, 5.41) is 4.39. The van der Waals surface area contributed by atoms with E-state index in [4.69, 9.17) is 5.73 Å². The third kappa shape index (κ3) is 1.75. The molecule has 1 fully saturated rings. The number of halogens is 1. The first-order valence-electron chi connectivity index (χ1n) is 7.25. The largest absolute Gasteiger partial charge is 0.366 e. The van der Waals surface area contributed by atoms with Crippen molar-refractivity contribution in [1.29, 1.82) is 0 Å². The number of benzene rings is 1. The molecule has 1 amide bonds. The van der Waals surface area contributed by atoms with Crippen molar-refractivity contribution < 1.29 is 9.18 Å². The molecule has 6 nitrogen and oxygen atoms in total.